The van der Waals surface area contributed by atoms with Crippen LogP contribution in [0.15, 0.2) is 45.8 Å². The highest BCUT2D eigenvalue weighted by molar-refractivity contribution is 9.10. The van der Waals surface area contributed by atoms with Gasteiger partial charge in [0.2, 0.25) is 0 Å². The molecule has 0 fully saturated rings. The van der Waals surface area contributed by atoms with E-state index < -0.39 is 0 Å². The molecule has 0 aliphatic rings. The maximum atomic E-state index is 12.1. The zero-order valence-corrected chi connectivity index (χ0v) is 13.4. The van der Waals surface area contributed by atoms with Crippen molar-refractivity contribution in [2.75, 3.05) is 5.32 Å². The van der Waals surface area contributed by atoms with E-state index in [0.717, 1.165) is 4.47 Å². The van der Waals surface area contributed by atoms with E-state index in [0.29, 0.717) is 26.2 Å². The van der Waals surface area contributed by atoms with Crippen molar-refractivity contribution in [3.63, 3.8) is 0 Å². The number of carbonyl (C=O) groups excluding carboxylic acids is 1. The molecule has 2 aromatic rings. The van der Waals surface area contributed by atoms with Gasteiger partial charge < -0.3 is 5.32 Å². The number of hydrogen-bond acceptors (Lipinski definition) is 2. The lowest BCUT2D eigenvalue weighted by Crippen LogP contribution is -2.13. The molecule has 0 radical (unpaired) electrons. The van der Waals surface area contributed by atoms with Gasteiger partial charge in [-0.25, -0.2) is 0 Å². The molecule has 0 saturated heterocycles. The van der Waals surface area contributed by atoms with Gasteiger partial charge in [0.15, 0.2) is 0 Å². The molecular weight excluding hydrogens is 369 g/mol. The van der Waals surface area contributed by atoms with Crippen LogP contribution in [0.1, 0.15) is 10.4 Å². The van der Waals surface area contributed by atoms with Gasteiger partial charge in [-0.15, -0.1) is 12.6 Å². The lowest BCUT2D eigenvalue weighted by molar-refractivity contribution is 0.102. The van der Waals surface area contributed by atoms with Gasteiger partial charge in [-0.05, 0) is 30.3 Å². The SMILES string of the molecule is O=C(Nc1cccc(Cl)c1Cl)c1ccc(Br)cc1S. The Morgan fingerprint density at radius 2 is 1.95 bits per heavy atom. The van der Waals surface area contributed by atoms with Crippen LogP contribution in [-0.2, 0) is 0 Å². The molecule has 98 valence electrons. The minimum absolute atomic E-state index is 0.290. The average molecular weight is 377 g/mol. The summed E-state index contributed by atoms with van der Waals surface area (Å²) >= 11 is 19.5. The summed E-state index contributed by atoms with van der Waals surface area (Å²) in [6.07, 6.45) is 0. The van der Waals surface area contributed by atoms with Gasteiger partial charge in [0.05, 0.1) is 21.3 Å². The molecule has 2 rings (SSSR count). The lowest BCUT2D eigenvalue weighted by atomic mass is 10.2. The summed E-state index contributed by atoms with van der Waals surface area (Å²) in [7, 11) is 0. The van der Waals surface area contributed by atoms with Gasteiger partial charge in [-0.2, -0.15) is 0 Å². The summed E-state index contributed by atoms with van der Waals surface area (Å²) in [6, 6.07) is 10.3. The summed E-state index contributed by atoms with van der Waals surface area (Å²) in [4.78, 5) is 12.7. The van der Waals surface area contributed by atoms with Crippen molar-refractivity contribution < 1.29 is 4.79 Å². The fourth-order valence-corrected chi connectivity index (χ4v) is 2.69. The van der Waals surface area contributed by atoms with Gasteiger partial charge in [0, 0.05) is 9.37 Å². The summed E-state index contributed by atoms with van der Waals surface area (Å²) < 4.78 is 0.856. The van der Waals surface area contributed by atoms with E-state index in [1.165, 1.54) is 0 Å². The Hall–Kier alpha value is -0.680. The fraction of sp³-hybridized carbons (Fsp3) is 0. The molecular formula is C13H8BrCl2NOS. The second kappa shape index (κ2) is 6.18. The van der Waals surface area contributed by atoms with Crippen molar-refractivity contribution in [1.82, 2.24) is 0 Å². The predicted molar refractivity (Wildman–Crippen MR) is 85.8 cm³/mol. The minimum atomic E-state index is -0.290. The molecule has 0 bridgehead atoms. The Balaban J connectivity index is 2.28. The number of anilines is 1. The topological polar surface area (TPSA) is 29.1 Å². The third-order valence-corrected chi connectivity index (χ3v) is 4.09. The van der Waals surface area contributed by atoms with Gasteiger partial charge in [-0.1, -0.05) is 45.2 Å². The molecule has 0 spiro atoms. The molecule has 0 aliphatic carbocycles. The van der Waals surface area contributed by atoms with E-state index in [9.17, 15) is 4.79 Å². The number of amides is 1. The largest absolute Gasteiger partial charge is 0.321 e. The second-order valence-corrected chi connectivity index (χ2v) is 5.90. The van der Waals surface area contributed by atoms with E-state index in [2.05, 4.69) is 33.9 Å². The van der Waals surface area contributed by atoms with Crippen molar-refractivity contribution >= 4 is 63.4 Å². The van der Waals surface area contributed by atoms with Gasteiger partial charge >= 0.3 is 0 Å². The summed E-state index contributed by atoms with van der Waals surface area (Å²) in [5.74, 6) is -0.290. The Bertz CT molecular complexity index is 649. The van der Waals surface area contributed by atoms with Crippen LogP contribution in [0.5, 0.6) is 0 Å². The molecule has 0 unspecified atom stereocenters. The van der Waals surface area contributed by atoms with Crippen molar-refractivity contribution in [2.45, 2.75) is 4.90 Å². The lowest BCUT2D eigenvalue weighted by Gasteiger charge is -2.09. The van der Waals surface area contributed by atoms with E-state index in [4.69, 9.17) is 23.2 Å². The van der Waals surface area contributed by atoms with Crippen LogP contribution in [-0.4, -0.2) is 5.91 Å². The minimum Gasteiger partial charge on any atom is -0.321 e. The van der Waals surface area contributed by atoms with Crippen LogP contribution in [0.4, 0.5) is 5.69 Å². The smallest absolute Gasteiger partial charge is 0.256 e. The zero-order chi connectivity index (χ0) is 14.0. The third-order valence-electron chi connectivity index (χ3n) is 2.40. The number of carbonyl (C=O) groups is 1. The first kappa shape index (κ1) is 14.7. The van der Waals surface area contributed by atoms with E-state index >= 15 is 0 Å². The number of hydrogen-bond donors (Lipinski definition) is 2. The van der Waals surface area contributed by atoms with Crippen molar-refractivity contribution in [3.8, 4) is 0 Å². The number of rotatable bonds is 2. The Kier molecular flexibility index (Phi) is 4.79. The van der Waals surface area contributed by atoms with Crippen molar-refractivity contribution in [2.24, 2.45) is 0 Å². The van der Waals surface area contributed by atoms with Crippen LogP contribution in [0, 0.1) is 0 Å². The fourth-order valence-electron chi connectivity index (χ4n) is 1.49. The first-order chi connectivity index (χ1) is 8.99. The first-order valence-corrected chi connectivity index (χ1v) is 7.22. The molecule has 2 nitrogen and oxygen atoms in total. The van der Waals surface area contributed by atoms with Gasteiger partial charge in [0.25, 0.3) is 5.91 Å². The summed E-state index contributed by atoms with van der Waals surface area (Å²) in [5, 5.41) is 3.41. The Morgan fingerprint density at radius 3 is 2.63 bits per heavy atom. The van der Waals surface area contributed by atoms with Crippen LogP contribution in [0.2, 0.25) is 10.0 Å². The number of halogens is 3. The van der Waals surface area contributed by atoms with Gasteiger partial charge in [0.1, 0.15) is 0 Å². The first-order valence-electron chi connectivity index (χ1n) is 5.23. The van der Waals surface area contributed by atoms with Crippen LogP contribution in [0.25, 0.3) is 0 Å². The molecule has 0 atom stereocenters. The van der Waals surface area contributed by atoms with E-state index in [-0.39, 0.29) is 5.91 Å². The van der Waals surface area contributed by atoms with Gasteiger partial charge in [-0.3, -0.25) is 4.79 Å². The van der Waals surface area contributed by atoms with Crippen molar-refractivity contribution in [1.29, 1.82) is 0 Å². The molecule has 1 N–H and O–H groups in total. The molecule has 6 heteroatoms. The summed E-state index contributed by atoms with van der Waals surface area (Å²) in [5.41, 5.74) is 0.928. The van der Waals surface area contributed by atoms with Crippen LogP contribution >= 0.6 is 51.8 Å². The average Bonchev–Trinajstić information content (AvgIpc) is 2.34. The second-order valence-electron chi connectivity index (χ2n) is 3.72. The quantitative estimate of drug-likeness (QED) is 0.684. The zero-order valence-electron chi connectivity index (χ0n) is 9.45. The van der Waals surface area contributed by atoms with E-state index in [1.54, 1.807) is 36.4 Å². The monoisotopic (exact) mass is 375 g/mol. The normalized spacial score (nSPS) is 10.3. The highest BCUT2D eigenvalue weighted by Gasteiger charge is 2.12. The highest BCUT2D eigenvalue weighted by Crippen LogP contribution is 2.30. The molecule has 0 saturated carbocycles. The highest BCUT2D eigenvalue weighted by atomic mass is 79.9. The van der Waals surface area contributed by atoms with Crippen molar-refractivity contribution in [3.05, 3.63) is 56.5 Å². The Morgan fingerprint density at radius 1 is 1.21 bits per heavy atom. The van der Waals surface area contributed by atoms with Crippen LogP contribution < -0.4 is 5.32 Å². The van der Waals surface area contributed by atoms with E-state index in [1.807, 2.05) is 0 Å². The predicted octanol–water partition coefficient (Wildman–Crippen LogP) is 5.30. The summed E-state index contributed by atoms with van der Waals surface area (Å²) in [6.45, 7) is 0. The molecule has 0 heterocycles. The number of thiol groups is 1. The molecule has 1 amide bonds. The molecule has 2 aromatic carbocycles. The standard InChI is InChI=1S/C13H8BrCl2NOS/c14-7-4-5-8(11(19)6-7)13(18)17-10-3-1-2-9(15)12(10)16/h1-6,19H,(H,17,18). The Labute approximate surface area is 134 Å². The number of nitrogens with one attached hydrogen (secondary N) is 1. The van der Waals surface area contributed by atoms with Crippen LogP contribution in [0.3, 0.4) is 0 Å². The number of benzene rings is 2. The maximum absolute atomic E-state index is 12.1. The molecule has 0 aromatic heterocycles. The molecule has 0 aliphatic heterocycles. The third kappa shape index (κ3) is 3.45. The molecule has 19 heavy (non-hydrogen) atoms. The maximum Gasteiger partial charge on any atom is 0.256 e.